The van der Waals surface area contributed by atoms with Crippen molar-refractivity contribution in [3.05, 3.63) is 12.7 Å². The average molecular weight is 213 g/mol. The van der Waals surface area contributed by atoms with Crippen LogP contribution in [-0.4, -0.2) is 38.8 Å². The largest absolute Gasteiger partial charge is 0.379 e. The molecule has 15 heavy (non-hydrogen) atoms. The molecule has 0 heterocycles. The molecule has 0 aliphatic heterocycles. The van der Waals surface area contributed by atoms with Gasteiger partial charge in [-0.3, -0.25) is 4.99 Å². The van der Waals surface area contributed by atoms with Crippen molar-refractivity contribution in [2.75, 3.05) is 26.7 Å². The highest BCUT2D eigenvalue weighted by Gasteiger charge is 1.95. The van der Waals surface area contributed by atoms with Crippen LogP contribution in [0, 0.1) is 0 Å². The molecule has 0 amide bonds. The summed E-state index contributed by atoms with van der Waals surface area (Å²) in [4.78, 5) is 4.06. The second kappa shape index (κ2) is 9.52. The summed E-state index contributed by atoms with van der Waals surface area (Å²) in [6.45, 7) is 10.1. The molecular weight excluding hydrogens is 190 g/mol. The smallest absolute Gasteiger partial charge is 0.191 e. The lowest BCUT2D eigenvalue weighted by atomic mass is 10.4. The molecule has 0 rings (SSSR count). The van der Waals surface area contributed by atoms with E-state index in [0.717, 1.165) is 32.1 Å². The van der Waals surface area contributed by atoms with Gasteiger partial charge in [0.1, 0.15) is 0 Å². The lowest BCUT2D eigenvalue weighted by Gasteiger charge is -2.11. The molecule has 0 saturated carbocycles. The number of ether oxygens (including phenoxy) is 1. The van der Waals surface area contributed by atoms with Crippen molar-refractivity contribution in [1.82, 2.24) is 10.6 Å². The third-order valence-electron chi connectivity index (χ3n) is 1.70. The Morgan fingerprint density at radius 1 is 1.47 bits per heavy atom. The van der Waals surface area contributed by atoms with E-state index >= 15 is 0 Å². The summed E-state index contributed by atoms with van der Waals surface area (Å²) in [6, 6.07) is 0. The molecule has 0 aromatic carbocycles. The number of hydrogen-bond acceptors (Lipinski definition) is 2. The highest BCUT2D eigenvalue weighted by Crippen LogP contribution is 1.88. The summed E-state index contributed by atoms with van der Waals surface area (Å²) in [7, 11) is 1.75. The van der Waals surface area contributed by atoms with E-state index in [1.807, 2.05) is 13.8 Å². The van der Waals surface area contributed by atoms with Crippen molar-refractivity contribution in [3.8, 4) is 0 Å². The van der Waals surface area contributed by atoms with Crippen LogP contribution in [0.4, 0.5) is 0 Å². The molecule has 0 aromatic rings. The summed E-state index contributed by atoms with van der Waals surface area (Å²) in [5.74, 6) is 0.805. The van der Waals surface area contributed by atoms with Gasteiger partial charge >= 0.3 is 0 Å². The fourth-order valence-electron chi connectivity index (χ4n) is 0.987. The minimum Gasteiger partial charge on any atom is -0.379 e. The van der Waals surface area contributed by atoms with E-state index < -0.39 is 0 Å². The zero-order chi connectivity index (χ0) is 11.5. The van der Waals surface area contributed by atoms with Crippen LogP contribution in [0.3, 0.4) is 0 Å². The molecular formula is C11H23N3O. The molecule has 0 unspecified atom stereocenters. The number of hydrogen-bond donors (Lipinski definition) is 2. The first-order valence-corrected chi connectivity index (χ1v) is 5.37. The summed E-state index contributed by atoms with van der Waals surface area (Å²) in [5.41, 5.74) is 0. The highest BCUT2D eigenvalue weighted by atomic mass is 16.5. The highest BCUT2D eigenvalue weighted by molar-refractivity contribution is 5.79. The number of aliphatic imine (C=N–C) groups is 1. The maximum absolute atomic E-state index is 5.42. The van der Waals surface area contributed by atoms with Gasteiger partial charge in [0, 0.05) is 26.7 Å². The molecule has 4 nitrogen and oxygen atoms in total. The van der Waals surface area contributed by atoms with Crippen LogP contribution >= 0.6 is 0 Å². The number of guanidine groups is 1. The summed E-state index contributed by atoms with van der Waals surface area (Å²) >= 11 is 0. The number of rotatable bonds is 7. The number of nitrogens with zero attached hydrogens (tertiary/aromatic N) is 1. The van der Waals surface area contributed by atoms with Crippen LogP contribution in [0.15, 0.2) is 17.6 Å². The second-order valence-electron chi connectivity index (χ2n) is 3.44. The van der Waals surface area contributed by atoms with Gasteiger partial charge in [-0.05, 0) is 20.3 Å². The first kappa shape index (κ1) is 14.0. The molecule has 0 atom stereocenters. The standard InChI is InChI=1S/C11H23N3O/c1-5-7-13-11(12-4)14-8-6-9-15-10(2)3/h5,10H,1,6-9H2,2-4H3,(H2,12,13,14). The Labute approximate surface area is 92.8 Å². The minimum atomic E-state index is 0.309. The maximum Gasteiger partial charge on any atom is 0.191 e. The average Bonchev–Trinajstić information content (AvgIpc) is 2.21. The van der Waals surface area contributed by atoms with Gasteiger partial charge in [-0.25, -0.2) is 0 Å². The number of nitrogens with one attached hydrogen (secondary N) is 2. The van der Waals surface area contributed by atoms with Gasteiger partial charge in [-0.1, -0.05) is 6.08 Å². The molecule has 0 radical (unpaired) electrons. The molecule has 0 saturated heterocycles. The third-order valence-corrected chi connectivity index (χ3v) is 1.70. The van der Waals surface area contributed by atoms with Gasteiger partial charge in [0.15, 0.2) is 5.96 Å². The van der Waals surface area contributed by atoms with Crippen LogP contribution in [0.1, 0.15) is 20.3 Å². The second-order valence-corrected chi connectivity index (χ2v) is 3.44. The fraction of sp³-hybridized carbons (Fsp3) is 0.727. The molecule has 88 valence electrons. The maximum atomic E-state index is 5.42. The Morgan fingerprint density at radius 3 is 2.73 bits per heavy atom. The first-order chi connectivity index (χ1) is 7.20. The molecule has 0 aliphatic rings. The fourth-order valence-corrected chi connectivity index (χ4v) is 0.987. The van der Waals surface area contributed by atoms with Crippen molar-refractivity contribution < 1.29 is 4.74 Å². The van der Waals surface area contributed by atoms with Crippen LogP contribution in [0.5, 0.6) is 0 Å². The van der Waals surface area contributed by atoms with E-state index in [0.29, 0.717) is 6.10 Å². The van der Waals surface area contributed by atoms with Crippen molar-refractivity contribution in [2.45, 2.75) is 26.4 Å². The molecule has 0 aromatic heterocycles. The molecule has 0 fully saturated rings. The normalized spacial score (nSPS) is 11.6. The first-order valence-electron chi connectivity index (χ1n) is 5.37. The Kier molecular flexibility index (Phi) is 8.87. The van der Waals surface area contributed by atoms with Crippen LogP contribution in [0.25, 0.3) is 0 Å². The lowest BCUT2D eigenvalue weighted by molar-refractivity contribution is 0.0776. The molecule has 4 heteroatoms. The van der Waals surface area contributed by atoms with E-state index in [4.69, 9.17) is 4.74 Å². The van der Waals surface area contributed by atoms with Gasteiger partial charge in [-0.15, -0.1) is 6.58 Å². The summed E-state index contributed by atoms with van der Waals surface area (Å²) in [5, 5.41) is 6.29. The van der Waals surface area contributed by atoms with E-state index in [1.54, 1.807) is 13.1 Å². The Bertz CT molecular complexity index is 190. The van der Waals surface area contributed by atoms with E-state index in [2.05, 4.69) is 22.2 Å². The van der Waals surface area contributed by atoms with Crippen molar-refractivity contribution in [3.63, 3.8) is 0 Å². The van der Waals surface area contributed by atoms with Crippen molar-refractivity contribution >= 4 is 5.96 Å². The monoisotopic (exact) mass is 213 g/mol. The predicted molar refractivity (Wildman–Crippen MR) is 65.3 cm³/mol. The third kappa shape index (κ3) is 9.28. The van der Waals surface area contributed by atoms with Gasteiger partial charge in [0.25, 0.3) is 0 Å². The van der Waals surface area contributed by atoms with Crippen LogP contribution in [0.2, 0.25) is 0 Å². The molecule has 0 aliphatic carbocycles. The molecule has 2 N–H and O–H groups in total. The van der Waals surface area contributed by atoms with E-state index in [-0.39, 0.29) is 0 Å². The topological polar surface area (TPSA) is 45.7 Å². The molecule has 0 bridgehead atoms. The van der Waals surface area contributed by atoms with Crippen LogP contribution in [-0.2, 0) is 4.74 Å². The Balaban J connectivity index is 3.43. The summed E-state index contributed by atoms with van der Waals surface area (Å²) in [6.07, 6.45) is 3.09. The van der Waals surface area contributed by atoms with Crippen molar-refractivity contribution in [1.29, 1.82) is 0 Å². The lowest BCUT2D eigenvalue weighted by Crippen LogP contribution is -2.38. The molecule has 0 spiro atoms. The Hall–Kier alpha value is -1.03. The Morgan fingerprint density at radius 2 is 2.20 bits per heavy atom. The van der Waals surface area contributed by atoms with Crippen molar-refractivity contribution in [2.24, 2.45) is 4.99 Å². The van der Waals surface area contributed by atoms with Gasteiger partial charge < -0.3 is 15.4 Å². The van der Waals surface area contributed by atoms with E-state index in [1.165, 1.54) is 0 Å². The zero-order valence-electron chi connectivity index (χ0n) is 10.0. The predicted octanol–water partition coefficient (Wildman–Crippen LogP) is 1.15. The summed E-state index contributed by atoms with van der Waals surface area (Å²) < 4.78 is 5.42. The zero-order valence-corrected chi connectivity index (χ0v) is 10.0. The van der Waals surface area contributed by atoms with Crippen LogP contribution < -0.4 is 10.6 Å². The quantitative estimate of drug-likeness (QED) is 0.289. The minimum absolute atomic E-state index is 0.309. The SMILES string of the molecule is C=CCNC(=NC)NCCCOC(C)C. The van der Waals surface area contributed by atoms with Gasteiger partial charge in [-0.2, -0.15) is 0 Å². The van der Waals surface area contributed by atoms with Gasteiger partial charge in [0.2, 0.25) is 0 Å². The van der Waals surface area contributed by atoms with E-state index in [9.17, 15) is 0 Å². The van der Waals surface area contributed by atoms with Gasteiger partial charge in [0.05, 0.1) is 6.10 Å².